The van der Waals surface area contributed by atoms with Crippen molar-refractivity contribution >= 4 is 11.9 Å². The molecule has 0 heterocycles. The number of hydrogen-bond acceptors (Lipinski definition) is 3. The van der Waals surface area contributed by atoms with Crippen LogP contribution in [0.25, 0.3) is 0 Å². The molecule has 1 unspecified atom stereocenters. The SMILES string of the molecule is C/C=C/CC(NC(=O)COc1ccccc1F)C(=O)O. The molecule has 0 aromatic heterocycles. The van der Waals surface area contributed by atoms with Gasteiger partial charge < -0.3 is 15.2 Å². The number of carbonyl (C=O) groups is 2. The lowest BCUT2D eigenvalue weighted by molar-refractivity contribution is -0.142. The third-order valence-corrected chi connectivity index (χ3v) is 2.44. The summed E-state index contributed by atoms with van der Waals surface area (Å²) in [6, 6.07) is 4.64. The summed E-state index contributed by atoms with van der Waals surface area (Å²) in [6.07, 6.45) is 3.51. The Bertz CT molecular complexity index is 502. The van der Waals surface area contributed by atoms with Gasteiger partial charge in [0.25, 0.3) is 5.91 Å². The third-order valence-electron chi connectivity index (χ3n) is 2.44. The number of benzene rings is 1. The van der Waals surface area contributed by atoms with Crippen LogP contribution in [-0.4, -0.2) is 29.6 Å². The highest BCUT2D eigenvalue weighted by molar-refractivity contribution is 5.84. The first-order valence-corrected chi connectivity index (χ1v) is 6.05. The number of rotatable bonds is 7. The highest BCUT2D eigenvalue weighted by atomic mass is 19.1. The van der Waals surface area contributed by atoms with Crippen molar-refractivity contribution in [1.82, 2.24) is 5.32 Å². The molecule has 1 rings (SSSR count). The number of amides is 1. The number of carboxylic acids is 1. The van der Waals surface area contributed by atoms with E-state index in [0.717, 1.165) is 0 Å². The molecule has 0 fully saturated rings. The third kappa shape index (κ3) is 5.09. The minimum Gasteiger partial charge on any atom is -0.481 e. The minimum atomic E-state index is -1.14. The Morgan fingerprint density at radius 3 is 2.75 bits per heavy atom. The lowest BCUT2D eigenvalue weighted by Gasteiger charge is -2.13. The van der Waals surface area contributed by atoms with Crippen LogP contribution in [-0.2, 0) is 9.59 Å². The Hall–Kier alpha value is -2.37. The number of ether oxygens (including phenoxy) is 1. The second-order valence-electron chi connectivity index (χ2n) is 3.98. The van der Waals surface area contributed by atoms with Crippen molar-refractivity contribution in [3.05, 3.63) is 42.2 Å². The van der Waals surface area contributed by atoms with Gasteiger partial charge in [-0.05, 0) is 25.5 Å². The number of nitrogens with one attached hydrogen (secondary N) is 1. The largest absolute Gasteiger partial charge is 0.481 e. The molecule has 108 valence electrons. The van der Waals surface area contributed by atoms with Crippen molar-refractivity contribution in [2.75, 3.05) is 6.61 Å². The number of aliphatic carboxylic acids is 1. The lowest BCUT2D eigenvalue weighted by atomic mass is 10.2. The van der Waals surface area contributed by atoms with Gasteiger partial charge in [-0.2, -0.15) is 0 Å². The van der Waals surface area contributed by atoms with E-state index in [1.165, 1.54) is 18.2 Å². The topological polar surface area (TPSA) is 75.6 Å². The van der Waals surface area contributed by atoms with Gasteiger partial charge in [-0.25, -0.2) is 9.18 Å². The number of carboxylic acid groups (broad SMARTS) is 1. The van der Waals surface area contributed by atoms with Crippen LogP contribution in [0, 0.1) is 5.82 Å². The Morgan fingerprint density at radius 2 is 2.15 bits per heavy atom. The molecule has 0 aliphatic heterocycles. The van der Waals surface area contributed by atoms with Gasteiger partial charge in [0.05, 0.1) is 0 Å². The molecular weight excluding hydrogens is 265 g/mol. The molecule has 20 heavy (non-hydrogen) atoms. The van der Waals surface area contributed by atoms with Gasteiger partial charge >= 0.3 is 5.97 Å². The maximum absolute atomic E-state index is 13.2. The van der Waals surface area contributed by atoms with Gasteiger partial charge in [0.15, 0.2) is 18.2 Å². The number of allylic oxidation sites excluding steroid dienone is 1. The molecular formula is C14H16FNO4. The number of carbonyl (C=O) groups excluding carboxylic acids is 1. The fraction of sp³-hybridized carbons (Fsp3) is 0.286. The van der Waals surface area contributed by atoms with Crippen LogP contribution in [0.5, 0.6) is 5.75 Å². The van der Waals surface area contributed by atoms with Crippen LogP contribution in [0.15, 0.2) is 36.4 Å². The van der Waals surface area contributed by atoms with Crippen LogP contribution in [0.1, 0.15) is 13.3 Å². The van der Waals surface area contributed by atoms with Crippen LogP contribution in [0.3, 0.4) is 0 Å². The average Bonchev–Trinajstić information content (AvgIpc) is 2.42. The lowest BCUT2D eigenvalue weighted by Crippen LogP contribution is -2.42. The number of hydrogen-bond donors (Lipinski definition) is 2. The fourth-order valence-corrected chi connectivity index (χ4v) is 1.43. The van der Waals surface area contributed by atoms with Crippen molar-refractivity contribution in [3.63, 3.8) is 0 Å². The average molecular weight is 281 g/mol. The van der Waals surface area contributed by atoms with E-state index in [-0.39, 0.29) is 12.2 Å². The monoisotopic (exact) mass is 281 g/mol. The standard InChI is InChI=1S/C14H16FNO4/c1-2-3-7-11(14(18)19)16-13(17)9-20-12-8-5-4-6-10(12)15/h2-6,8,11H,7,9H2,1H3,(H,16,17)(H,18,19)/b3-2+. The molecule has 0 aliphatic rings. The summed E-state index contributed by atoms with van der Waals surface area (Å²) in [7, 11) is 0. The first-order valence-electron chi connectivity index (χ1n) is 6.05. The molecule has 0 aliphatic carbocycles. The normalized spacial score (nSPS) is 12.1. The molecule has 2 N–H and O–H groups in total. The summed E-state index contributed by atoms with van der Waals surface area (Å²) in [6.45, 7) is 1.31. The number of para-hydroxylation sites is 1. The van der Waals surface area contributed by atoms with Crippen LogP contribution >= 0.6 is 0 Å². The maximum Gasteiger partial charge on any atom is 0.326 e. The molecule has 1 aromatic rings. The summed E-state index contributed by atoms with van der Waals surface area (Å²) < 4.78 is 18.2. The molecule has 0 bridgehead atoms. The Balaban J connectivity index is 2.50. The molecule has 1 amide bonds. The summed E-state index contributed by atoms with van der Waals surface area (Å²) >= 11 is 0. The van der Waals surface area contributed by atoms with E-state index in [4.69, 9.17) is 9.84 Å². The summed E-state index contributed by atoms with van der Waals surface area (Å²) in [5.74, 6) is -2.39. The van der Waals surface area contributed by atoms with Gasteiger partial charge in [-0.15, -0.1) is 0 Å². The summed E-state index contributed by atoms with van der Waals surface area (Å²) in [5.41, 5.74) is 0. The van der Waals surface area contributed by atoms with Gasteiger partial charge in [0.1, 0.15) is 6.04 Å². The Labute approximate surface area is 116 Å². The molecule has 0 spiro atoms. The highest BCUT2D eigenvalue weighted by Crippen LogP contribution is 2.14. The van der Waals surface area contributed by atoms with Crippen molar-refractivity contribution < 1.29 is 23.8 Å². The molecule has 5 nitrogen and oxygen atoms in total. The second-order valence-corrected chi connectivity index (χ2v) is 3.98. The van der Waals surface area contributed by atoms with E-state index in [0.29, 0.717) is 0 Å². The van der Waals surface area contributed by atoms with E-state index in [9.17, 15) is 14.0 Å². The van der Waals surface area contributed by atoms with E-state index >= 15 is 0 Å². The molecule has 0 saturated heterocycles. The zero-order valence-electron chi connectivity index (χ0n) is 11.0. The Kier molecular flexibility index (Phi) is 6.22. The van der Waals surface area contributed by atoms with Crippen molar-refractivity contribution in [2.24, 2.45) is 0 Å². The highest BCUT2D eigenvalue weighted by Gasteiger charge is 2.18. The Morgan fingerprint density at radius 1 is 1.45 bits per heavy atom. The van der Waals surface area contributed by atoms with Crippen LogP contribution in [0.4, 0.5) is 4.39 Å². The van der Waals surface area contributed by atoms with E-state index < -0.39 is 30.3 Å². The van der Waals surface area contributed by atoms with Crippen molar-refractivity contribution in [2.45, 2.75) is 19.4 Å². The van der Waals surface area contributed by atoms with Crippen molar-refractivity contribution in [1.29, 1.82) is 0 Å². The van der Waals surface area contributed by atoms with Gasteiger partial charge in [0, 0.05) is 0 Å². The smallest absolute Gasteiger partial charge is 0.326 e. The van der Waals surface area contributed by atoms with E-state index in [1.807, 2.05) is 0 Å². The quantitative estimate of drug-likeness (QED) is 0.746. The van der Waals surface area contributed by atoms with Gasteiger partial charge in [0.2, 0.25) is 0 Å². The van der Waals surface area contributed by atoms with E-state index in [2.05, 4.69) is 5.32 Å². The fourth-order valence-electron chi connectivity index (χ4n) is 1.43. The first kappa shape index (κ1) is 15.7. The van der Waals surface area contributed by atoms with Crippen molar-refractivity contribution in [3.8, 4) is 5.75 Å². The first-order chi connectivity index (χ1) is 9.54. The second kappa shape index (κ2) is 7.93. The minimum absolute atomic E-state index is 0.0528. The molecule has 1 atom stereocenters. The molecule has 1 aromatic carbocycles. The van der Waals surface area contributed by atoms with E-state index in [1.54, 1.807) is 25.1 Å². The summed E-state index contributed by atoms with van der Waals surface area (Å²) in [5, 5.41) is 11.2. The van der Waals surface area contributed by atoms with Crippen LogP contribution < -0.4 is 10.1 Å². The molecule has 6 heteroatoms. The van der Waals surface area contributed by atoms with Gasteiger partial charge in [-0.1, -0.05) is 24.3 Å². The predicted octanol–water partition coefficient (Wildman–Crippen LogP) is 1.74. The number of halogens is 1. The van der Waals surface area contributed by atoms with Gasteiger partial charge in [-0.3, -0.25) is 4.79 Å². The molecule has 0 saturated carbocycles. The zero-order valence-corrected chi connectivity index (χ0v) is 11.0. The predicted molar refractivity (Wildman–Crippen MR) is 70.9 cm³/mol. The molecule has 0 radical (unpaired) electrons. The summed E-state index contributed by atoms with van der Waals surface area (Å²) in [4.78, 5) is 22.5. The zero-order chi connectivity index (χ0) is 15.0. The van der Waals surface area contributed by atoms with Crippen LogP contribution in [0.2, 0.25) is 0 Å². The maximum atomic E-state index is 13.2.